The number of hydrogen-bond acceptors (Lipinski definition) is 6. The van der Waals surface area contributed by atoms with Crippen molar-refractivity contribution in [3.8, 4) is 11.5 Å². The molecule has 1 aromatic heterocycles. The highest BCUT2D eigenvalue weighted by Crippen LogP contribution is 2.34. The number of nitrogens with zero attached hydrogens (tertiary/aromatic N) is 3. The van der Waals surface area contributed by atoms with Gasteiger partial charge >= 0.3 is 0 Å². The van der Waals surface area contributed by atoms with Crippen molar-refractivity contribution >= 4 is 45.6 Å². The molecule has 0 saturated heterocycles. The van der Waals surface area contributed by atoms with Crippen molar-refractivity contribution in [2.75, 3.05) is 16.8 Å². The monoisotopic (exact) mass is 584 g/mol. The van der Waals surface area contributed by atoms with Crippen LogP contribution in [0.1, 0.15) is 25.8 Å². The van der Waals surface area contributed by atoms with Crippen molar-refractivity contribution in [3.05, 3.63) is 114 Å². The Balaban J connectivity index is 1.34. The van der Waals surface area contributed by atoms with E-state index in [9.17, 15) is 9.18 Å². The van der Waals surface area contributed by atoms with Crippen LogP contribution in [-0.2, 0) is 11.4 Å². The quantitative estimate of drug-likeness (QED) is 0.170. The maximum absolute atomic E-state index is 13.5. The molecule has 1 amide bonds. The zero-order chi connectivity index (χ0) is 29.5. The minimum absolute atomic E-state index is 0.0143. The molecule has 4 aromatic carbocycles. The average Bonchev–Trinajstić information content (AvgIpc) is 3.00. The summed E-state index contributed by atoms with van der Waals surface area (Å²) in [6, 6.07) is 26.7. The molecule has 0 spiro atoms. The topological polar surface area (TPSA) is 76.6 Å². The van der Waals surface area contributed by atoms with E-state index in [2.05, 4.69) is 15.3 Å². The van der Waals surface area contributed by atoms with Gasteiger partial charge in [0.2, 0.25) is 5.91 Å². The molecule has 0 aliphatic heterocycles. The maximum Gasteiger partial charge on any atom is 0.226 e. The van der Waals surface area contributed by atoms with E-state index in [1.165, 1.54) is 18.5 Å². The van der Waals surface area contributed by atoms with Crippen LogP contribution in [-0.4, -0.2) is 28.5 Å². The minimum Gasteiger partial charge on any atom is -0.488 e. The number of anilines is 3. The van der Waals surface area contributed by atoms with E-state index < -0.39 is 0 Å². The first-order valence-corrected chi connectivity index (χ1v) is 14.0. The van der Waals surface area contributed by atoms with E-state index in [4.69, 9.17) is 21.1 Å². The van der Waals surface area contributed by atoms with Crippen LogP contribution in [0.4, 0.5) is 21.6 Å². The van der Waals surface area contributed by atoms with Gasteiger partial charge in [0.15, 0.2) is 0 Å². The summed E-state index contributed by atoms with van der Waals surface area (Å²) in [5, 5.41) is 4.41. The van der Waals surface area contributed by atoms with E-state index in [1.54, 1.807) is 29.2 Å². The lowest BCUT2D eigenvalue weighted by molar-refractivity contribution is -0.118. The molecule has 0 aliphatic rings. The fourth-order valence-electron chi connectivity index (χ4n) is 4.55. The second kappa shape index (κ2) is 13.3. The first-order chi connectivity index (χ1) is 20.4. The molecule has 0 aliphatic carbocycles. The molecule has 5 rings (SSSR count). The Morgan fingerprint density at radius 1 is 0.976 bits per heavy atom. The Hall–Kier alpha value is -4.69. The van der Waals surface area contributed by atoms with Crippen LogP contribution in [0.25, 0.3) is 10.9 Å². The number of amides is 1. The van der Waals surface area contributed by atoms with Crippen molar-refractivity contribution in [2.24, 2.45) is 0 Å². The van der Waals surface area contributed by atoms with Crippen molar-refractivity contribution in [1.82, 2.24) is 9.97 Å². The van der Waals surface area contributed by atoms with Crippen molar-refractivity contribution < 1.29 is 18.7 Å². The molecule has 7 nitrogen and oxygen atoms in total. The molecule has 1 atom stereocenters. The Labute approximate surface area is 248 Å². The SMILES string of the molecule is CCC(=O)N(CC(C)Oc1cccc2ncnc(Nc3ccc(OCc4cccc(F)c4)c(Cl)c3)c12)c1ccccc1. The van der Waals surface area contributed by atoms with E-state index >= 15 is 0 Å². The third kappa shape index (κ3) is 6.95. The van der Waals surface area contributed by atoms with Crippen LogP contribution in [0.5, 0.6) is 11.5 Å². The van der Waals surface area contributed by atoms with Crippen LogP contribution in [0.15, 0.2) is 97.3 Å². The largest absolute Gasteiger partial charge is 0.488 e. The number of rotatable bonds is 11. The predicted molar refractivity (Wildman–Crippen MR) is 164 cm³/mol. The number of halogens is 2. The highest BCUT2D eigenvalue weighted by molar-refractivity contribution is 6.32. The molecule has 214 valence electrons. The zero-order valence-electron chi connectivity index (χ0n) is 23.3. The van der Waals surface area contributed by atoms with Crippen molar-refractivity contribution in [3.63, 3.8) is 0 Å². The Kier molecular flexibility index (Phi) is 9.14. The number of hydrogen-bond donors (Lipinski definition) is 1. The number of aromatic nitrogens is 2. The summed E-state index contributed by atoms with van der Waals surface area (Å²) < 4.78 is 25.7. The molecule has 0 radical (unpaired) electrons. The second-order valence-corrected chi connectivity index (χ2v) is 10.1. The van der Waals surface area contributed by atoms with Gasteiger partial charge in [-0.25, -0.2) is 14.4 Å². The van der Waals surface area contributed by atoms with Crippen molar-refractivity contribution in [2.45, 2.75) is 33.0 Å². The van der Waals surface area contributed by atoms with Crippen LogP contribution in [0, 0.1) is 5.82 Å². The Morgan fingerprint density at radius 3 is 2.55 bits per heavy atom. The minimum atomic E-state index is -0.330. The highest BCUT2D eigenvalue weighted by atomic mass is 35.5. The van der Waals surface area contributed by atoms with Gasteiger partial charge in [-0.15, -0.1) is 0 Å². The number of benzene rings is 4. The van der Waals surface area contributed by atoms with Gasteiger partial charge < -0.3 is 19.7 Å². The van der Waals surface area contributed by atoms with Gasteiger partial charge in [0, 0.05) is 17.8 Å². The van der Waals surface area contributed by atoms with Crippen LogP contribution >= 0.6 is 11.6 Å². The van der Waals surface area contributed by atoms with Crippen LogP contribution in [0.2, 0.25) is 5.02 Å². The lowest BCUT2D eigenvalue weighted by Crippen LogP contribution is -2.38. The lowest BCUT2D eigenvalue weighted by atomic mass is 10.2. The van der Waals surface area contributed by atoms with Gasteiger partial charge in [-0.3, -0.25) is 4.79 Å². The third-order valence-corrected chi connectivity index (χ3v) is 6.84. The molecule has 1 unspecified atom stereocenters. The Bertz CT molecular complexity index is 1680. The standard InChI is InChI=1S/C33H30ClFN4O3/c1-3-31(40)39(26-11-5-4-6-12-26)19-22(2)42-30-14-8-13-28-32(30)33(37-21-36-28)38-25-15-16-29(27(34)18-25)41-20-23-9-7-10-24(35)17-23/h4-18,21-22H,3,19-20H2,1-2H3,(H,36,37,38). The van der Waals surface area contributed by atoms with Gasteiger partial charge in [-0.05, 0) is 67.1 Å². The fraction of sp³-hybridized carbons (Fsp3) is 0.182. The molecule has 1 heterocycles. The highest BCUT2D eigenvalue weighted by Gasteiger charge is 2.20. The maximum atomic E-state index is 13.5. The van der Waals surface area contributed by atoms with E-state index in [-0.39, 0.29) is 24.4 Å². The van der Waals surface area contributed by atoms with E-state index in [0.717, 1.165) is 5.69 Å². The summed E-state index contributed by atoms with van der Waals surface area (Å²) in [4.78, 5) is 23.4. The summed E-state index contributed by atoms with van der Waals surface area (Å²) in [5.41, 5.74) is 2.91. The predicted octanol–water partition coefficient (Wildman–Crippen LogP) is 7.96. The second-order valence-electron chi connectivity index (χ2n) is 9.68. The van der Waals surface area contributed by atoms with Gasteiger partial charge in [0.1, 0.15) is 42.2 Å². The van der Waals surface area contributed by atoms with Gasteiger partial charge in [-0.1, -0.05) is 54.9 Å². The molecular formula is C33H30ClFN4O3. The number of carbonyl (C=O) groups excluding carboxylic acids is 1. The number of fused-ring (bicyclic) bond motifs is 1. The molecule has 0 bridgehead atoms. The average molecular weight is 585 g/mol. The normalized spacial score (nSPS) is 11.6. The summed E-state index contributed by atoms with van der Waals surface area (Å²) in [6.07, 6.45) is 1.53. The van der Waals surface area contributed by atoms with Gasteiger partial charge in [0.05, 0.1) is 22.5 Å². The molecular weight excluding hydrogens is 555 g/mol. The summed E-state index contributed by atoms with van der Waals surface area (Å²) in [7, 11) is 0. The number of ether oxygens (including phenoxy) is 2. The fourth-order valence-corrected chi connectivity index (χ4v) is 4.79. The first kappa shape index (κ1) is 28.8. The smallest absolute Gasteiger partial charge is 0.226 e. The van der Waals surface area contributed by atoms with Crippen molar-refractivity contribution in [1.29, 1.82) is 0 Å². The van der Waals surface area contributed by atoms with Crippen LogP contribution in [0.3, 0.4) is 0 Å². The summed E-state index contributed by atoms with van der Waals surface area (Å²) >= 11 is 6.52. The van der Waals surface area contributed by atoms with Gasteiger partial charge in [0.25, 0.3) is 0 Å². The van der Waals surface area contributed by atoms with E-state index in [0.29, 0.717) is 57.5 Å². The number of carbonyl (C=O) groups is 1. The molecule has 9 heteroatoms. The Morgan fingerprint density at radius 2 is 1.79 bits per heavy atom. The number of para-hydroxylation sites is 1. The molecule has 5 aromatic rings. The molecule has 1 N–H and O–H groups in total. The zero-order valence-corrected chi connectivity index (χ0v) is 24.0. The third-order valence-electron chi connectivity index (χ3n) is 6.54. The first-order valence-electron chi connectivity index (χ1n) is 13.6. The summed E-state index contributed by atoms with van der Waals surface area (Å²) in [5.74, 6) is 1.29. The summed E-state index contributed by atoms with van der Waals surface area (Å²) in [6.45, 7) is 4.33. The van der Waals surface area contributed by atoms with E-state index in [1.807, 2.05) is 68.4 Å². The van der Waals surface area contributed by atoms with Crippen LogP contribution < -0.4 is 19.7 Å². The molecule has 42 heavy (non-hydrogen) atoms. The number of nitrogens with one attached hydrogen (secondary N) is 1. The lowest BCUT2D eigenvalue weighted by Gasteiger charge is -2.26. The van der Waals surface area contributed by atoms with Gasteiger partial charge in [-0.2, -0.15) is 0 Å². The molecule has 0 fully saturated rings. The molecule has 0 saturated carbocycles.